The monoisotopic (exact) mass is 313 g/mol. The second kappa shape index (κ2) is 6.52. The SMILES string of the molecule is COC(=O)c1cccc(C(C)(C=O)c2ccc(OC)cc2)c1N. The zero-order chi connectivity index (χ0) is 17.0. The molecule has 0 aliphatic heterocycles. The number of hydrogen-bond donors (Lipinski definition) is 1. The number of ether oxygens (including phenoxy) is 2. The van der Waals surface area contributed by atoms with Gasteiger partial charge in [-0.3, -0.25) is 0 Å². The number of para-hydroxylation sites is 1. The molecule has 0 aliphatic rings. The van der Waals surface area contributed by atoms with E-state index in [1.807, 2.05) is 0 Å². The summed E-state index contributed by atoms with van der Waals surface area (Å²) in [6.07, 6.45) is 0.821. The number of nitrogen functional groups attached to an aromatic ring is 1. The number of methoxy groups -OCH3 is 2. The maximum Gasteiger partial charge on any atom is 0.339 e. The van der Waals surface area contributed by atoms with Crippen molar-refractivity contribution in [1.29, 1.82) is 0 Å². The molecule has 0 saturated heterocycles. The summed E-state index contributed by atoms with van der Waals surface area (Å²) >= 11 is 0. The lowest BCUT2D eigenvalue weighted by Crippen LogP contribution is -2.27. The summed E-state index contributed by atoms with van der Waals surface area (Å²) in [4.78, 5) is 23.7. The predicted molar refractivity (Wildman–Crippen MR) is 87.7 cm³/mol. The summed E-state index contributed by atoms with van der Waals surface area (Å²) < 4.78 is 9.87. The Labute approximate surface area is 135 Å². The molecule has 5 nitrogen and oxygen atoms in total. The van der Waals surface area contributed by atoms with E-state index in [1.54, 1.807) is 56.5 Å². The Morgan fingerprint density at radius 3 is 2.30 bits per heavy atom. The highest BCUT2D eigenvalue weighted by Gasteiger charge is 2.32. The number of rotatable bonds is 5. The number of esters is 1. The molecule has 0 fully saturated rings. The van der Waals surface area contributed by atoms with Crippen molar-refractivity contribution >= 4 is 17.9 Å². The minimum Gasteiger partial charge on any atom is -0.497 e. The number of aldehydes is 1. The van der Waals surface area contributed by atoms with Crippen molar-refractivity contribution in [1.82, 2.24) is 0 Å². The van der Waals surface area contributed by atoms with E-state index in [0.29, 0.717) is 11.3 Å². The summed E-state index contributed by atoms with van der Waals surface area (Å²) in [5.41, 5.74) is 6.94. The normalized spacial score (nSPS) is 13.0. The van der Waals surface area contributed by atoms with E-state index in [2.05, 4.69) is 0 Å². The molecule has 0 heterocycles. The molecule has 0 bridgehead atoms. The van der Waals surface area contributed by atoms with Crippen molar-refractivity contribution in [2.45, 2.75) is 12.3 Å². The van der Waals surface area contributed by atoms with Gasteiger partial charge in [0.2, 0.25) is 0 Å². The van der Waals surface area contributed by atoms with E-state index in [4.69, 9.17) is 15.2 Å². The molecule has 0 amide bonds. The first kappa shape index (κ1) is 16.5. The Morgan fingerprint density at radius 1 is 1.13 bits per heavy atom. The van der Waals surface area contributed by atoms with E-state index >= 15 is 0 Å². The second-order valence-corrected chi connectivity index (χ2v) is 5.31. The number of hydrogen-bond acceptors (Lipinski definition) is 5. The number of benzene rings is 2. The van der Waals surface area contributed by atoms with Gasteiger partial charge in [-0.25, -0.2) is 4.79 Å². The average Bonchev–Trinajstić information content (AvgIpc) is 2.60. The van der Waals surface area contributed by atoms with Crippen LogP contribution < -0.4 is 10.5 Å². The highest BCUT2D eigenvalue weighted by Crippen LogP contribution is 2.36. The van der Waals surface area contributed by atoms with E-state index in [1.165, 1.54) is 7.11 Å². The Balaban J connectivity index is 2.59. The first-order chi connectivity index (χ1) is 11.0. The number of carbonyl (C=O) groups excluding carboxylic acids is 2. The smallest absolute Gasteiger partial charge is 0.339 e. The molecule has 23 heavy (non-hydrogen) atoms. The van der Waals surface area contributed by atoms with Crippen LogP contribution >= 0.6 is 0 Å². The van der Waals surface area contributed by atoms with Crippen molar-refractivity contribution in [2.75, 3.05) is 20.0 Å². The average molecular weight is 313 g/mol. The van der Waals surface area contributed by atoms with Gasteiger partial charge < -0.3 is 20.0 Å². The van der Waals surface area contributed by atoms with Gasteiger partial charge in [0.15, 0.2) is 0 Å². The van der Waals surface area contributed by atoms with Gasteiger partial charge in [0.1, 0.15) is 12.0 Å². The molecule has 2 N–H and O–H groups in total. The van der Waals surface area contributed by atoms with E-state index in [0.717, 1.165) is 11.8 Å². The molecule has 0 aliphatic carbocycles. The lowest BCUT2D eigenvalue weighted by molar-refractivity contribution is -0.110. The van der Waals surface area contributed by atoms with E-state index < -0.39 is 11.4 Å². The van der Waals surface area contributed by atoms with Crippen molar-refractivity contribution in [2.24, 2.45) is 0 Å². The Bertz CT molecular complexity index is 724. The molecule has 2 rings (SSSR count). The van der Waals surface area contributed by atoms with Gasteiger partial charge in [-0.05, 0) is 36.2 Å². The van der Waals surface area contributed by atoms with Crippen LogP contribution in [0.25, 0.3) is 0 Å². The molecular formula is C18H19NO4. The van der Waals surface area contributed by atoms with Gasteiger partial charge >= 0.3 is 5.97 Å². The van der Waals surface area contributed by atoms with Crippen LogP contribution in [0.1, 0.15) is 28.4 Å². The highest BCUT2D eigenvalue weighted by atomic mass is 16.5. The lowest BCUT2D eigenvalue weighted by Gasteiger charge is -2.26. The summed E-state index contributed by atoms with van der Waals surface area (Å²) in [6, 6.07) is 12.2. The minimum atomic E-state index is -0.986. The zero-order valence-electron chi connectivity index (χ0n) is 13.3. The third kappa shape index (κ3) is 2.90. The Hall–Kier alpha value is -2.82. The quantitative estimate of drug-likeness (QED) is 0.521. The van der Waals surface area contributed by atoms with Gasteiger partial charge in [0.25, 0.3) is 0 Å². The number of carbonyl (C=O) groups is 2. The van der Waals surface area contributed by atoms with Crippen LogP contribution in [0.2, 0.25) is 0 Å². The Morgan fingerprint density at radius 2 is 1.78 bits per heavy atom. The minimum absolute atomic E-state index is 0.241. The van der Waals surface area contributed by atoms with Crippen LogP contribution in [-0.2, 0) is 14.9 Å². The first-order valence-electron chi connectivity index (χ1n) is 7.06. The van der Waals surface area contributed by atoms with Gasteiger partial charge in [-0.1, -0.05) is 24.3 Å². The molecule has 2 aromatic rings. The zero-order valence-corrected chi connectivity index (χ0v) is 13.3. The molecular weight excluding hydrogens is 294 g/mol. The fourth-order valence-corrected chi connectivity index (χ4v) is 2.53. The third-order valence-corrected chi connectivity index (χ3v) is 4.00. The molecule has 1 atom stereocenters. The molecule has 0 saturated carbocycles. The van der Waals surface area contributed by atoms with Crippen LogP contribution in [0.15, 0.2) is 42.5 Å². The van der Waals surface area contributed by atoms with Gasteiger partial charge in [-0.15, -0.1) is 0 Å². The van der Waals surface area contributed by atoms with Gasteiger partial charge in [0, 0.05) is 0 Å². The van der Waals surface area contributed by atoms with Crippen molar-refractivity contribution in [3.05, 3.63) is 59.2 Å². The molecule has 0 spiro atoms. The molecule has 120 valence electrons. The van der Waals surface area contributed by atoms with Crippen LogP contribution in [0.3, 0.4) is 0 Å². The molecule has 1 unspecified atom stereocenters. The fraction of sp³-hybridized carbons (Fsp3) is 0.222. The van der Waals surface area contributed by atoms with Crippen molar-refractivity contribution < 1.29 is 19.1 Å². The molecule has 0 aromatic heterocycles. The summed E-state index contributed by atoms with van der Waals surface area (Å²) in [6.45, 7) is 1.76. The standard InChI is InChI=1S/C18H19NO4/c1-18(11-20,12-7-9-13(22-2)10-8-12)15-6-4-5-14(16(15)19)17(21)23-3/h4-11H,19H2,1-3H3. The summed E-state index contributed by atoms with van der Waals surface area (Å²) in [7, 11) is 2.86. The third-order valence-electron chi connectivity index (χ3n) is 4.00. The van der Waals surface area contributed by atoms with Crippen LogP contribution in [0.5, 0.6) is 5.75 Å². The highest BCUT2D eigenvalue weighted by molar-refractivity contribution is 5.97. The number of nitrogens with two attached hydrogens (primary N) is 1. The van der Waals surface area contributed by atoms with E-state index in [-0.39, 0.29) is 11.3 Å². The van der Waals surface area contributed by atoms with E-state index in [9.17, 15) is 9.59 Å². The Kier molecular flexibility index (Phi) is 4.69. The number of anilines is 1. The topological polar surface area (TPSA) is 78.6 Å². The van der Waals surface area contributed by atoms with Gasteiger partial charge in [-0.2, -0.15) is 0 Å². The van der Waals surface area contributed by atoms with Crippen molar-refractivity contribution in [3.8, 4) is 5.75 Å². The van der Waals surface area contributed by atoms with Crippen molar-refractivity contribution in [3.63, 3.8) is 0 Å². The lowest BCUT2D eigenvalue weighted by atomic mass is 9.76. The predicted octanol–water partition coefficient (Wildman–Crippen LogP) is 2.57. The maximum absolute atomic E-state index is 11.9. The molecule has 2 aromatic carbocycles. The largest absolute Gasteiger partial charge is 0.497 e. The van der Waals surface area contributed by atoms with Gasteiger partial charge in [0.05, 0.1) is 30.9 Å². The summed E-state index contributed by atoms with van der Waals surface area (Å²) in [5, 5.41) is 0. The fourth-order valence-electron chi connectivity index (χ4n) is 2.53. The van der Waals surface area contributed by atoms with Crippen LogP contribution in [-0.4, -0.2) is 26.5 Å². The van der Waals surface area contributed by atoms with Crippen LogP contribution in [0, 0.1) is 0 Å². The molecule has 0 radical (unpaired) electrons. The summed E-state index contributed by atoms with van der Waals surface area (Å²) in [5.74, 6) is 0.158. The first-order valence-corrected chi connectivity index (χ1v) is 7.06. The van der Waals surface area contributed by atoms with Crippen LogP contribution in [0.4, 0.5) is 5.69 Å². The second-order valence-electron chi connectivity index (χ2n) is 5.31. The molecule has 5 heteroatoms. The maximum atomic E-state index is 11.9.